The quantitative estimate of drug-likeness (QED) is 0.609. The van der Waals surface area contributed by atoms with Gasteiger partial charge in [-0.2, -0.15) is 0 Å². The van der Waals surface area contributed by atoms with E-state index in [2.05, 4.69) is 23.4 Å². The molecule has 1 aliphatic heterocycles. The number of hydrazine groups is 1. The number of carbonyl (C=O) groups excluding carboxylic acids is 1. The number of aryl methyl sites for hydroxylation is 1. The maximum absolute atomic E-state index is 11.6. The lowest BCUT2D eigenvalue weighted by molar-refractivity contribution is -0.420. The number of nitrogens with one attached hydrogen (secondary N) is 1. The molecule has 2 aromatic rings. The summed E-state index contributed by atoms with van der Waals surface area (Å²) in [6.45, 7) is 2.67. The first-order valence-electron chi connectivity index (χ1n) is 8.24. The number of carbonyl (C=O) groups is 1. The second kappa shape index (κ2) is 8.11. The van der Waals surface area contributed by atoms with Gasteiger partial charge in [-0.1, -0.05) is 30.5 Å². The summed E-state index contributed by atoms with van der Waals surface area (Å²) in [6, 6.07) is 11.7. The van der Waals surface area contributed by atoms with Gasteiger partial charge in [0.05, 0.1) is 11.5 Å². The molecule has 1 amide bonds. The molecule has 1 aromatic heterocycles. The number of hydrogen-bond acceptors (Lipinski definition) is 5. The molecule has 1 aliphatic rings. The van der Waals surface area contributed by atoms with Gasteiger partial charge in [0.1, 0.15) is 5.75 Å². The molecule has 0 radical (unpaired) electrons. The van der Waals surface area contributed by atoms with E-state index in [4.69, 9.17) is 4.74 Å². The minimum Gasteiger partial charge on any atom is -0.493 e. The Kier molecular flexibility index (Phi) is 5.65. The van der Waals surface area contributed by atoms with Crippen LogP contribution in [0, 0.1) is 4.91 Å². The van der Waals surface area contributed by atoms with Crippen LogP contribution in [0.25, 0.3) is 0 Å². The Morgan fingerprint density at radius 1 is 1.20 bits per heavy atom. The fourth-order valence-electron chi connectivity index (χ4n) is 2.50. The molecule has 0 bridgehead atoms. The average molecular weight is 358 g/mol. The second-order valence-corrected chi connectivity index (χ2v) is 6.90. The molecule has 6 nitrogen and oxygen atoms in total. The Bertz CT molecular complexity index is 747. The summed E-state index contributed by atoms with van der Waals surface area (Å²) in [5, 5.41) is -0.374. The third kappa shape index (κ3) is 4.79. The van der Waals surface area contributed by atoms with Gasteiger partial charge in [-0.25, -0.2) is 0 Å². The van der Waals surface area contributed by atoms with Crippen LogP contribution in [-0.4, -0.2) is 27.0 Å². The summed E-state index contributed by atoms with van der Waals surface area (Å²) in [6.07, 6.45) is 4.17. The summed E-state index contributed by atoms with van der Waals surface area (Å²) in [4.78, 5) is 27.1. The predicted octanol–water partition coefficient (Wildman–Crippen LogP) is 2.65. The molecule has 1 N–H and O–H groups in total. The van der Waals surface area contributed by atoms with E-state index in [0.29, 0.717) is 17.3 Å². The average Bonchev–Trinajstić information content (AvgIpc) is 2.94. The van der Waals surface area contributed by atoms with E-state index in [1.807, 2.05) is 36.5 Å². The van der Waals surface area contributed by atoms with Crippen LogP contribution in [-0.2, 0) is 24.1 Å². The molecule has 0 spiro atoms. The number of benzene rings is 1. The Hall–Kier alpha value is -2.41. The van der Waals surface area contributed by atoms with Crippen molar-refractivity contribution in [2.24, 2.45) is 0 Å². The Morgan fingerprint density at radius 3 is 2.56 bits per heavy atom. The molecule has 1 fully saturated rings. The van der Waals surface area contributed by atoms with Crippen molar-refractivity contribution in [2.45, 2.75) is 31.4 Å². The van der Waals surface area contributed by atoms with Crippen molar-refractivity contribution >= 4 is 17.9 Å². The maximum atomic E-state index is 11.6. The molecular formula is C18H20N3O3S+. The van der Waals surface area contributed by atoms with Gasteiger partial charge in [-0.15, -0.1) is 0 Å². The minimum absolute atomic E-state index is 0.248. The molecule has 7 heteroatoms. The number of amides is 1. The first-order valence-corrected chi connectivity index (χ1v) is 9.08. The standard InChI is InChI=1S/C18H19N3O3S/c1-2-13-3-6-15(19-12-13)9-10-24-16-7-4-14(5-8-16)11-17-18(22)20-21(23)25-17/h3-8,12,17H,2,9-11H2,1H3/p+1. The van der Waals surface area contributed by atoms with Gasteiger partial charge in [-0.05, 0) is 42.2 Å². The van der Waals surface area contributed by atoms with E-state index in [1.54, 1.807) is 0 Å². The molecular weight excluding hydrogens is 338 g/mol. The summed E-state index contributed by atoms with van der Waals surface area (Å²) in [7, 11) is 0. The van der Waals surface area contributed by atoms with Crippen molar-refractivity contribution < 1.29 is 13.8 Å². The van der Waals surface area contributed by atoms with Gasteiger partial charge in [0.25, 0.3) is 17.9 Å². The Labute approximate surface area is 150 Å². The zero-order chi connectivity index (χ0) is 17.6. The second-order valence-electron chi connectivity index (χ2n) is 5.79. The number of nitroso groups, excluding NO2 is 1. The fraction of sp³-hybridized carbons (Fsp3) is 0.333. The number of aromatic nitrogens is 1. The monoisotopic (exact) mass is 358 g/mol. The third-order valence-corrected chi connectivity index (χ3v) is 4.90. The SMILES string of the molecule is CCc1ccc(CCOc2ccc(CC3S[N+](=O)NC3=O)cc2)nc1. The molecule has 130 valence electrons. The topological polar surface area (TPSA) is 71.3 Å². The lowest BCUT2D eigenvalue weighted by Crippen LogP contribution is -2.26. The van der Waals surface area contributed by atoms with E-state index < -0.39 is 0 Å². The van der Waals surface area contributed by atoms with Crippen LogP contribution in [0.1, 0.15) is 23.7 Å². The van der Waals surface area contributed by atoms with Gasteiger partial charge in [0.15, 0.2) is 5.25 Å². The predicted molar refractivity (Wildman–Crippen MR) is 96.1 cm³/mol. The fourth-order valence-corrected chi connectivity index (χ4v) is 3.29. The molecule has 25 heavy (non-hydrogen) atoms. The van der Waals surface area contributed by atoms with Crippen molar-refractivity contribution in [3.8, 4) is 5.75 Å². The third-order valence-electron chi connectivity index (χ3n) is 3.98. The zero-order valence-electron chi connectivity index (χ0n) is 14.0. The van der Waals surface area contributed by atoms with E-state index in [-0.39, 0.29) is 11.2 Å². The molecule has 0 aliphatic carbocycles. The van der Waals surface area contributed by atoms with Crippen LogP contribution in [0.2, 0.25) is 0 Å². The highest BCUT2D eigenvalue weighted by molar-refractivity contribution is 7.95. The van der Waals surface area contributed by atoms with Gasteiger partial charge in [0.2, 0.25) is 4.27 Å². The highest BCUT2D eigenvalue weighted by Gasteiger charge is 2.40. The Morgan fingerprint density at radius 2 is 1.96 bits per heavy atom. The summed E-state index contributed by atoms with van der Waals surface area (Å²) < 4.78 is 6.25. The van der Waals surface area contributed by atoms with Gasteiger partial charge in [-0.3, -0.25) is 9.78 Å². The summed E-state index contributed by atoms with van der Waals surface area (Å²) in [5.41, 5.74) is 5.46. The smallest absolute Gasteiger partial charge is 0.300 e. The van der Waals surface area contributed by atoms with Crippen molar-refractivity contribution in [1.82, 2.24) is 10.4 Å². The maximum Gasteiger partial charge on any atom is 0.300 e. The summed E-state index contributed by atoms with van der Waals surface area (Å²) in [5.74, 6) is 0.532. The van der Waals surface area contributed by atoms with Crippen LogP contribution >= 0.6 is 11.9 Å². The zero-order valence-corrected chi connectivity index (χ0v) is 14.8. The van der Waals surface area contributed by atoms with Crippen LogP contribution in [0.4, 0.5) is 0 Å². The lowest BCUT2D eigenvalue weighted by Gasteiger charge is -2.08. The van der Waals surface area contributed by atoms with Crippen LogP contribution in [0.5, 0.6) is 5.75 Å². The highest BCUT2D eigenvalue weighted by Crippen LogP contribution is 2.22. The van der Waals surface area contributed by atoms with E-state index in [1.165, 1.54) is 5.56 Å². The van der Waals surface area contributed by atoms with E-state index in [9.17, 15) is 9.70 Å². The van der Waals surface area contributed by atoms with E-state index >= 15 is 0 Å². The van der Waals surface area contributed by atoms with Gasteiger partial charge in [0, 0.05) is 18.3 Å². The molecule has 1 atom stereocenters. The number of pyridine rings is 1. The van der Waals surface area contributed by atoms with Crippen LogP contribution in [0.15, 0.2) is 42.6 Å². The normalized spacial score (nSPS) is 16.8. The van der Waals surface area contributed by atoms with Crippen molar-refractivity contribution in [1.29, 1.82) is 0 Å². The van der Waals surface area contributed by atoms with Crippen molar-refractivity contribution in [2.75, 3.05) is 6.61 Å². The summed E-state index contributed by atoms with van der Waals surface area (Å²) >= 11 is 0.966. The molecule has 2 heterocycles. The lowest BCUT2D eigenvalue weighted by atomic mass is 10.1. The minimum atomic E-state index is -0.374. The number of nitrogens with zero attached hydrogens (tertiary/aromatic N) is 2. The van der Waals surface area contributed by atoms with Crippen LogP contribution < -0.4 is 10.2 Å². The largest absolute Gasteiger partial charge is 0.493 e. The molecule has 1 saturated heterocycles. The van der Waals surface area contributed by atoms with Gasteiger partial charge >= 0.3 is 0 Å². The van der Waals surface area contributed by atoms with E-state index in [0.717, 1.165) is 41.8 Å². The first kappa shape index (κ1) is 17.4. The molecule has 3 rings (SSSR count). The first-order chi connectivity index (χ1) is 12.1. The van der Waals surface area contributed by atoms with Crippen LogP contribution in [0.3, 0.4) is 0 Å². The highest BCUT2D eigenvalue weighted by atomic mass is 32.2. The molecule has 1 unspecified atom stereocenters. The van der Waals surface area contributed by atoms with Crippen molar-refractivity contribution in [3.05, 3.63) is 64.3 Å². The molecule has 0 saturated carbocycles. The molecule has 1 aromatic carbocycles. The van der Waals surface area contributed by atoms with Gasteiger partial charge < -0.3 is 4.74 Å². The number of rotatable bonds is 7. The number of hydrogen-bond donors (Lipinski definition) is 1. The van der Waals surface area contributed by atoms with Crippen molar-refractivity contribution in [3.63, 3.8) is 0 Å². The Balaban J connectivity index is 1.47. The number of ether oxygens (including phenoxy) is 1.